The molecule has 0 radical (unpaired) electrons. The van der Waals surface area contributed by atoms with Gasteiger partial charge in [0.1, 0.15) is 0 Å². The van der Waals surface area contributed by atoms with Gasteiger partial charge in [0.2, 0.25) is 0 Å². The Labute approximate surface area is 292 Å². The van der Waals surface area contributed by atoms with Crippen molar-refractivity contribution in [2.24, 2.45) is 0 Å². The Bertz CT molecular complexity index is 2060. The zero-order valence-corrected chi connectivity index (χ0v) is 28.4. The summed E-state index contributed by atoms with van der Waals surface area (Å²) >= 11 is 0. The van der Waals surface area contributed by atoms with E-state index in [1.165, 1.54) is 5.56 Å². The van der Waals surface area contributed by atoms with Gasteiger partial charge in [0.05, 0.1) is 0 Å². The van der Waals surface area contributed by atoms with E-state index >= 15 is 0 Å². The molecule has 0 unspecified atom stereocenters. The van der Waals surface area contributed by atoms with Gasteiger partial charge in [-0.1, -0.05) is 98.1 Å². The number of benzene rings is 4. The number of hydrogen-bond acceptors (Lipinski definition) is 3. The van der Waals surface area contributed by atoms with Crippen LogP contribution in [0.5, 0.6) is 0 Å². The van der Waals surface area contributed by atoms with Crippen molar-refractivity contribution in [2.45, 2.75) is 6.92 Å². The van der Waals surface area contributed by atoms with Gasteiger partial charge in [-0.05, 0) is 81.8 Å². The minimum absolute atomic E-state index is 0. The maximum atomic E-state index is 4.69. The zero-order chi connectivity index (χ0) is 31.9. The predicted molar refractivity (Wildman–Crippen MR) is 194 cm³/mol. The van der Waals surface area contributed by atoms with Crippen molar-refractivity contribution in [2.75, 3.05) is 4.90 Å². The molecule has 0 atom stereocenters. The maximum Gasteiger partial charge on any atom is 2.00 e. The summed E-state index contributed by atoms with van der Waals surface area (Å²) in [5.74, 6) is 0. The number of hydrogen-bond donors (Lipinski definition) is 0. The maximum absolute atomic E-state index is 4.69. The summed E-state index contributed by atoms with van der Waals surface area (Å²) in [6.45, 7) is 13.9. The fourth-order valence-corrected chi connectivity index (χ4v) is 5.32. The number of pyridine rings is 2. The Morgan fingerprint density at radius 2 is 1.21 bits per heavy atom. The second-order valence-corrected chi connectivity index (χ2v) is 10.8. The first-order valence-electron chi connectivity index (χ1n) is 15.1. The molecule has 230 valence electrons. The van der Waals surface area contributed by atoms with Gasteiger partial charge >= 0.3 is 21.1 Å². The molecule has 6 rings (SSSR count). The van der Waals surface area contributed by atoms with E-state index < -0.39 is 0 Å². The SMILES string of the molecule is C=C/C=C(\C=C)c1ccnc(-c2[c-]c(N(c3[c-]c(-c4cc(C(=C)C)ccn4)ccc3)c3ccc(-c4ccccc4)cc3)ccc2)c1.[Pt+2]. The molecule has 6 aromatic rings. The van der Waals surface area contributed by atoms with Gasteiger partial charge in [0.15, 0.2) is 0 Å². The molecule has 0 aliphatic heterocycles. The van der Waals surface area contributed by atoms with Crippen LogP contribution in [0.3, 0.4) is 0 Å². The van der Waals surface area contributed by atoms with Gasteiger partial charge in [-0.2, -0.15) is 0 Å². The van der Waals surface area contributed by atoms with Crippen LogP contribution in [-0.4, -0.2) is 9.97 Å². The van der Waals surface area contributed by atoms with Crippen LogP contribution in [0.15, 0.2) is 166 Å². The molecular formula is C43H33N3Pt. The second kappa shape index (κ2) is 15.3. The van der Waals surface area contributed by atoms with Crippen molar-refractivity contribution in [3.05, 3.63) is 189 Å². The Hall–Kier alpha value is -5.37. The molecular weight excluding hydrogens is 754 g/mol. The minimum atomic E-state index is 0. The molecule has 0 aliphatic carbocycles. The second-order valence-electron chi connectivity index (χ2n) is 10.8. The minimum Gasteiger partial charge on any atom is -0.346 e. The number of anilines is 3. The predicted octanol–water partition coefficient (Wildman–Crippen LogP) is 11.3. The van der Waals surface area contributed by atoms with Gasteiger partial charge in [-0.15, -0.1) is 59.7 Å². The largest absolute Gasteiger partial charge is 2.00 e. The van der Waals surface area contributed by atoms with Crippen molar-refractivity contribution in [1.29, 1.82) is 0 Å². The first-order valence-corrected chi connectivity index (χ1v) is 15.1. The van der Waals surface area contributed by atoms with Crippen LogP contribution in [-0.2, 0) is 21.1 Å². The van der Waals surface area contributed by atoms with Gasteiger partial charge in [-0.3, -0.25) is 0 Å². The summed E-state index contributed by atoms with van der Waals surface area (Å²) in [6, 6.07) is 46.6. The van der Waals surface area contributed by atoms with Crippen LogP contribution in [0.25, 0.3) is 44.8 Å². The Balaban J connectivity index is 0.00000433. The first-order chi connectivity index (χ1) is 22.5. The van der Waals surface area contributed by atoms with Gasteiger partial charge < -0.3 is 14.9 Å². The normalized spacial score (nSPS) is 10.9. The molecule has 0 spiro atoms. The monoisotopic (exact) mass is 786 g/mol. The smallest absolute Gasteiger partial charge is 0.346 e. The Morgan fingerprint density at radius 1 is 0.660 bits per heavy atom. The molecule has 0 saturated heterocycles. The fraction of sp³-hybridized carbons (Fsp3) is 0.0233. The molecule has 0 amide bonds. The summed E-state index contributed by atoms with van der Waals surface area (Å²) in [5.41, 5.74) is 12.5. The third-order valence-corrected chi connectivity index (χ3v) is 7.69. The molecule has 4 heteroatoms. The van der Waals surface area contributed by atoms with Gasteiger partial charge in [0, 0.05) is 18.1 Å². The number of nitrogens with zero attached hydrogens (tertiary/aromatic N) is 3. The first kappa shape index (κ1) is 33.0. The summed E-state index contributed by atoms with van der Waals surface area (Å²) in [4.78, 5) is 11.5. The van der Waals surface area contributed by atoms with E-state index in [4.69, 9.17) is 4.98 Å². The molecule has 3 nitrogen and oxygen atoms in total. The molecule has 47 heavy (non-hydrogen) atoms. The molecule has 0 fully saturated rings. The Kier molecular flexibility index (Phi) is 10.7. The van der Waals surface area contributed by atoms with E-state index in [-0.39, 0.29) is 21.1 Å². The van der Waals surface area contributed by atoms with Crippen molar-refractivity contribution in [3.63, 3.8) is 0 Å². The molecule has 0 saturated carbocycles. The summed E-state index contributed by atoms with van der Waals surface area (Å²) in [6.07, 6.45) is 9.16. The summed E-state index contributed by atoms with van der Waals surface area (Å²) in [5, 5.41) is 0. The topological polar surface area (TPSA) is 29.0 Å². The number of aromatic nitrogens is 2. The van der Waals surface area contributed by atoms with Crippen LogP contribution >= 0.6 is 0 Å². The quantitative estimate of drug-likeness (QED) is 0.102. The summed E-state index contributed by atoms with van der Waals surface area (Å²) < 4.78 is 0. The molecule has 2 heterocycles. The van der Waals surface area contributed by atoms with E-state index in [0.717, 1.165) is 67.4 Å². The third kappa shape index (κ3) is 7.55. The summed E-state index contributed by atoms with van der Waals surface area (Å²) in [7, 11) is 0. The van der Waals surface area contributed by atoms with E-state index in [0.29, 0.717) is 0 Å². The van der Waals surface area contributed by atoms with E-state index in [1.807, 2.05) is 73.9 Å². The van der Waals surface area contributed by atoms with Gasteiger partial charge in [0.25, 0.3) is 0 Å². The third-order valence-electron chi connectivity index (χ3n) is 7.69. The van der Waals surface area contributed by atoms with Crippen LogP contribution < -0.4 is 4.90 Å². The van der Waals surface area contributed by atoms with Crippen molar-refractivity contribution in [1.82, 2.24) is 9.97 Å². The van der Waals surface area contributed by atoms with E-state index in [9.17, 15) is 0 Å². The van der Waals surface area contributed by atoms with Crippen LogP contribution in [0.4, 0.5) is 17.1 Å². The van der Waals surface area contributed by atoms with E-state index in [2.05, 4.69) is 115 Å². The number of rotatable bonds is 10. The van der Waals surface area contributed by atoms with Crippen LogP contribution in [0.1, 0.15) is 18.1 Å². The van der Waals surface area contributed by atoms with E-state index in [1.54, 1.807) is 6.08 Å². The van der Waals surface area contributed by atoms with Crippen LogP contribution in [0.2, 0.25) is 0 Å². The standard InChI is InChI=1S/C43H33N3.Pt/c1-5-12-32(6-2)36-24-26-45-43(30-36)38-16-11-18-41(28-38)46(39-21-19-34(20-22-39)33-13-8-7-9-14-33)40-17-10-15-37(27-40)42-29-35(31(3)4)23-25-44-42;/h5-26,29-30H,1-3H2,4H3;/q-2;+2/b32-12+;. The van der Waals surface area contributed by atoms with Gasteiger partial charge in [-0.25, -0.2) is 0 Å². The molecule has 4 aromatic carbocycles. The molecule has 0 aliphatic rings. The molecule has 0 N–H and O–H groups in total. The average molecular weight is 787 g/mol. The average Bonchev–Trinajstić information content (AvgIpc) is 3.12. The fourth-order valence-electron chi connectivity index (χ4n) is 5.32. The molecule has 0 bridgehead atoms. The van der Waals surface area contributed by atoms with Crippen molar-refractivity contribution in [3.8, 4) is 33.6 Å². The van der Waals surface area contributed by atoms with Crippen LogP contribution in [0, 0.1) is 12.1 Å². The van der Waals surface area contributed by atoms with Crippen molar-refractivity contribution < 1.29 is 21.1 Å². The Morgan fingerprint density at radius 3 is 1.77 bits per heavy atom. The number of allylic oxidation sites excluding steroid dienone is 5. The zero-order valence-electron chi connectivity index (χ0n) is 26.1. The molecule has 2 aromatic heterocycles. The van der Waals surface area contributed by atoms with Crippen molar-refractivity contribution >= 4 is 28.2 Å².